The van der Waals surface area contributed by atoms with Crippen molar-refractivity contribution < 1.29 is 4.79 Å². The Morgan fingerprint density at radius 2 is 1.94 bits per heavy atom. The van der Waals surface area contributed by atoms with E-state index >= 15 is 0 Å². The summed E-state index contributed by atoms with van der Waals surface area (Å²) in [4.78, 5) is 13.7. The van der Waals surface area contributed by atoms with Gasteiger partial charge in [0.1, 0.15) is 0 Å². The van der Waals surface area contributed by atoms with Crippen LogP contribution in [0.5, 0.6) is 0 Å². The number of thioether (sulfide) groups is 1. The second-order valence-corrected chi connectivity index (χ2v) is 4.72. The average Bonchev–Trinajstić information content (AvgIpc) is 2.30. The standard InChI is InChI=1S/C13H19NOS/c1-4-9-14(2)13(15)12-7-5-11(6-8-12)10-16-3/h5-8H,4,9-10H2,1-3H3. The third-order valence-electron chi connectivity index (χ3n) is 2.42. The summed E-state index contributed by atoms with van der Waals surface area (Å²) in [5, 5.41) is 0. The highest BCUT2D eigenvalue weighted by molar-refractivity contribution is 7.97. The molecule has 0 N–H and O–H groups in total. The van der Waals surface area contributed by atoms with Gasteiger partial charge in [0, 0.05) is 24.9 Å². The van der Waals surface area contributed by atoms with Crippen molar-refractivity contribution in [2.24, 2.45) is 0 Å². The second-order valence-electron chi connectivity index (χ2n) is 3.86. The van der Waals surface area contributed by atoms with Gasteiger partial charge in [-0.3, -0.25) is 4.79 Å². The molecule has 0 aliphatic carbocycles. The van der Waals surface area contributed by atoms with E-state index in [0.29, 0.717) is 0 Å². The van der Waals surface area contributed by atoms with Crippen LogP contribution in [0, 0.1) is 0 Å². The molecular formula is C13H19NOS. The fraction of sp³-hybridized carbons (Fsp3) is 0.462. The fourth-order valence-corrected chi connectivity index (χ4v) is 2.09. The van der Waals surface area contributed by atoms with Gasteiger partial charge in [0.05, 0.1) is 0 Å². The minimum Gasteiger partial charge on any atom is -0.342 e. The number of amides is 1. The van der Waals surface area contributed by atoms with Gasteiger partial charge in [-0.1, -0.05) is 19.1 Å². The zero-order valence-electron chi connectivity index (χ0n) is 10.2. The number of hydrogen-bond donors (Lipinski definition) is 0. The lowest BCUT2D eigenvalue weighted by Crippen LogP contribution is -2.27. The normalized spacial score (nSPS) is 10.2. The minimum absolute atomic E-state index is 0.109. The summed E-state index contributed by atoms with van der Waals surface area (Å²) in [6, 6.07) is 7.90. The molecule has 2 nitrogen and oxygen atoms in total. The topological polar surface area (TPSA) is 20.3 Å². The third kappa shape index (κ3) is 3.56. The SMILES string of the molecule is CCCN(C)C(=O)c1ccc(CSC)cc1. The molecule has 0 unspecified atom stereocenters. The third-order valence-corrected chi connectivity index (χ3v) is 3.04. The predicted molar refractivity (Wildman–Crippen MR) is 70.9 cm³/mol. The molecule has 0 spiro atoms. The molecular weight excluding hydrogens is 218 g/mol. The van der Waals surface area contributed by atoms with E-state index in [0.717, 1.165) is 24.3 Å². The van der Waals surface area contributed by atoms with Crippen LogP contribution in [-0.4, -0.2) is 30.7 Å². The summed E-state index contributed by atoms with van der Waals surface area (Å²) in [5.41, 5.74) is 2.04. The maximum absolute atomic E-state index is 11.9. The number of carbonyl (C=O) groups is 1. The summed E-state index contributed by atoms with van der Waals surface area (Å²) in [5.74, 6) is 1.11. The highest BCUT2D eigenvalue weighted by Crippen LogP contribution is 2.11. The molecule has 0 aliphatic heterocycles. The van der Waals surface area contributed by atoms with Crippen LogP contribution in [0.25, 0.3) is 0 Å². The Hall–Kier alpha value is -0.960. The molecule has 16 heavy (non-hydrogen) atoms. The molecule has 0 bridgehead atoms. The summed E-state index contributed by atoms with van der Waals surface area (Å²) >= 11 is 1.79. The van der Waals surface area contributed by atoms with Gasteiger partial charge in [0.25, 0.3) is 5.91 Å². The van der Waals surface area contributed by atoms with Crippen molar-refractivity contribution in [2.75, 3.05) is 19.8 Å². The monoisotopic (exact) mass is 237 g/mol. The van der Waals surface area contributed by atoms with Crippen molar-refractivity contribution in [2.45, 2.75) is 19.1 Å². The van der Waals surface area contributed by atoms with Gasteiger partial charge in [-0.15, -0.1) is 0 Å². The second kappa shape index (κ2) is 6.59. The van der Waals surface area contributed by atoms with Gasteiger partial charge in [0.2, 0.25) is 0 Å². The van der Waals surface area contributed by atoms with Crippen molar-refractivity contribution >= 4 is 17.7 Å². The van der Waals surface area contributed by atoms with Gasteiger partial charge in [-0.25, -0.2) is 0 Å². The average molecular weight is 237 g/mol. The van der Waals surface area contributed by atoms with Crippen molar-refractivity contribution in [1.29, 1.82) is 0 Å². The lowest BCUT2D eigenvalue weighted by atomic mass is 10.1. The van der Waals surface area contributed by atoms with Crippen LogP contribution in [0.1, 0.15) is 29.3 Å². The lowest BCUT2D eigenvalue weighted by Gasteiger charge is -2.16. The lowest BCUT2D eigenvalue weighted by molar-refractivity contribution is 0.0795. The molecule has 0 aliphatic rings. The van der Waals surface area contributed by atoms with Gasteiger partial charge in [-0.05, 0) is 30.4 Å². The van der Waals surface area contributed by atoms with Gasteiger partial charge in [-0.2, -0.15) is 11.8 Å². The maximum Gasteiger partial charge on any atom is 0.253 e. The zero-order valence-corrected chi connectivity index (χ0v) is 11.0. The molecule has 0 aromatic heterocycles. The van der Waals surface area contributed by atoms with Gasteiger partial charge < -0.3 is 4.90 Å². The first-order chi connectivity index (χ1) is 7.69. The van der Waals surface area contributed by atoms with E-state index in [9.17, 15) is 4.79 Å². The first kappa shape index (κ1) is 13.1. The molecule has 0 radical (unpaired) electrons. The molecule has 0 saturated heterocycles. The number of rotatable bonds is 5. The zero-order chi connectivity index (χ0) is 12.0. The van der Waals surface area contributed by atoms with E-state index in [4.69, 9.17) is 0 Å². The molecule has 0 fully saturated rings. The Labute approximate surface area is 102 Å². The molecule has 0 heterocycles. The predicted octanol–water partition coefficient (Wildman–Crippen LogP) is 3.03. The number of benzene rings is 1. The van der Waals surface area contributed by atoms with Crippen LogP contribution in [-0.2, 0) is 5.75 Å². The fourth-order valence-electron chi connectivity index (χ4n) is 1.57. The van der Waals surface area contributed by atoms with E-state index in [1.54, 1.807) is 16.7 Å². The molecule has 1 rings (SSSR count). The summed E-state index contributed by atoms with van der Waals surface area (Å²) in [6.07, 6.45) is 3.07. The van der Waals surface area contributed by atoms with Crippen molar-refractivity contribution in [3.63, 3.8) is 0 Å². The Bertz CT molecular complexity index is 334. The Balaban J connectivity index is 2.69. The van der Waals surface area contributed by atoms with Gasteiger partial charge >= 0.3 is 0 Å². The quantitative estimate of drug-likeness (QED) is 0.784. The number of nitrogens with zero attached hydrogens (tertiary/aromatic N) is 1. The minimum atomic E-state index is 0.109. The molecule has 3 heteroatoms. The highest BCUT2D eigenvalue weighted by atomic mass is 32.2. The molecule has 1 aromatic rings. The molecule has 0 atom stereocenters. The highest BCUT2D eigenvalue weighted by Gasteiger charge is 2.09. The van der Waals surface area contributed by atoms with E-state index < -0.39 is 0 Å². The molecule has 1 amide bonds. The van der Waals surface area contributed by atoms with E-state index in [1.165, 1.54) is 5.56 Å². The Morgan fingerprint density at radius 1 is 1.31 bits per heavy atom. The first-order valence-electron chi connectivity index (χ1n) is 5.52. The first-order valence-corrected chi connectivity index (χ1v) is 6.91. The number of hydrogen-bond acceptors (Lipinski definition) is 2. The van der Waals surface area contributed by atoms with Gasteiger partial charge in [0.15, 0.2) is 0 Å². The van der Waals surface area contributed by atoms with E-state index in [-0.39, 0.29) is 5.91 Å². The number of carbonyl (C=O) groups excluding carboxylic acids is 1. The summed E-state index contributed by atoms with van der Waals surface area (Å²) in [7, 11) is 1.85. The van der Waals surface area contributed by atoms with Crippen molar-refractivity contribution in [3.05, 3.63) is 35.4 Å². The van der Waals surface area contributed by atoms with Crippen LogP contribution < -0.4 is 0 Å². The van der Waals surface area contributed by atoms with Crippen LogP contribution >= 0.6 is 11.8 Å². The molecule has 0 saturated carbocycles. The van der Waals surface area contributed by atoms with E-state index in [2.05, 4.69) is 13.2 Å². The Kier molecular flexibility index (Phi) is 5.39. The van der Waals surface area contributed by atoms with Crippen molar-refractivity contribution in [3.8, 4) is 0 Å². The Morgan fingerprint density at radius 3 is 2.44 bits per heavy atom. The maximum atomic E-state index is 11.9. The summed E-state index contributed by atoms with van der Waals surface area (Å²) in [6.45, 7) is 2.89. The summed E-state index contributed by atoms with van der Waals surface area (Å²) < 4.78 is 0. The van der Waals surface area contributed by atoms with Crippen molar-refractivity contribution in [1.82, 2.24) is 4.90 Å². The molecule has 1 aromatic carbocycles. The van der Waals surface area contributed by atoms with Crippen LogP contribution in [0.2, 0.25) is 0 Å². The van der Waals surface area contributed by atoms with E-state index in [1.807, 2.05) is 31.3 Å². The smallest absolute Gasteiger partial charge is 0.253 e. The largest absolute Gasteiger partial charge is 0.342 e. The van der Waals surface area contributed by atoms with Crippen LogP contribution in [0.4, 0.5) is 0 Å². The van der Waals surface area contributed by atoms with Crippen LogP contribution in [0.3, 0.4) is 0 Å². The molecule has 88 valence electrons. The van der Waals surface area contributed by atoms with Crippen LogP contribution in [0.15, 0.2) is 24.3 Å².